The third kappa shape index (κ3) is 4.06. The van der Waals surface area contributed by atoms with E-state index in [4.69, 9.17) is 4.42 Å². The molecule has 2 saturated heterocycles. The van der Waals surface area contributed by atoms with Gasteiger partial charge in [-0.15, -0.1) is 10.2 Å². The van der Waals surface area contributed by atoms with E-state index in [9.17, 15) is 4.79 Å². The van der Waals surface area contributed by atoms with Gasteiger partial charge in [-0.1, -0.05) is 20.8 Å². The average molecular weight is 335 g/mol. The van der Waals surface area contributed by atoms with E-state index >= 15 is 0 Å². The van der Waals surface area contributed by atoms with Crippen molar-refractivity contribution in [3.05, 3.63) is 11.8 Å². The summed E-state index contributed by atoms with van der Waals surface area (Å²) >= 11 is 0. The highest BCUT2D eigenvalue weighted by Crippen LogP contribution is 2.21. The summed E-state index contributed by atoms with van der Waals surface area (Å²) in [6.07, 6.45) is 3.52. The van der Waals surface area contributed by atoms with Crippen LogP contribution in [-0.4, -0.2) is 70.2 Å². The monoisotopic (exact) mass is 335 g/mol. The van der Waals surface area contributed by atoms with Gasteiger partial charge in [0, 0.05) is 44.7 Å². The summed E-state index contributed by atoms with van der Waals surface area (Å²) in [5.74, 6) is 1.34. The maximum absolute atomic E-state index is 12.5. The van der Waals surface area contributed by atoms with Crippen molar-refractivity contribution in [2.45, 2.75) is 52.0 Å². The third-order valence-corrected chi connectivity index (χ3v) is 4.74. The minimum atomic E-state index is -0.120. The van der Waals surface area contributed by atoms with Gasteiger partial charge < -0.3 is 14.2 Å². The Hall–Kier alpha value is -1.63. The van der Waals surface area contributed by atoms with Crippen molar-refractivity contribution in [3.63, 3.8) is 0 Å². The van der Waals surface area contributed by atoms with E-state index in [2.05, 4.69) is 35.9 Å². The van der Waals surface area contributed by atoms with Gasteiger partial charge >= 0.3 is 6.03 Å². The molecule has 0 radical (unpaired) electrons. The number of urea groups is 1. The minimum absolute atomic E-state index is 0.120. The quantitative estimate of drug-likeness (QED) is 0.828. The lowest BCUT2D eigenvalue weighted by Gasteiger charge is -2.38. The summed E-state index contributed by atoms with van der Waals surface area (Å²) in [5, 5.41) is 8.30. The molecule has 0 bridgehead atoms. The summed E-state index contributed by atoms with van der Waals surface area (Å²) in [7, 11) is 0. The molecule has 0 aliphatic carbocycles. The average Bonchev–Trinajstić information content (AvgIpc) is 3.05. The first-order chi connectivity index (χ1) is 11.4. The molecule has 0 aromatic carbocycles. The second kappa shape index (κ2) is 7.09. The highest BCUT2D eigenvalue weighted by atomic mass is 16.4. The molecule has 24 heavy (non-hydrogen) atoms. The number of piperidine rings is 1. The van der Waals surface area contributed by atoms with Crippen LogP contribution >= 0.6 is 0 Å². The number of carbonyl (C=O) groups excluding carboxylic acids is 1. The predicted octanol–water partition coefficient (Wildman–Crippen LogP) is 2.09. The molecule has 2 fully saturated rings. The van der Waals surface area contributed by atoms with Crippen LogP contribution in [0.2, 0.25) is 0 Å². The van der Waals surface area contributed by atoms with Gasteiger partial charge in [-0.2, -0.15) is 0 Å². The number of piperazine rings is 1. The van der Waals surface area contributed by atoms with E-state index in [0.29, 0.717) is 18.3 Å². The summed E-state index contributed by atoms with van der Waals surface area (Å²) in [4.78, 5) is 18.8. The lowest BCUT2D eigenvalue weighted by molar-refractivity contribution is 0.100. The van der Waals surface area contributed by atoms with Crippen LogP contribution in [0.3, 0.4) is 0 Å². The number of hydrogen-bond donors (Lipinski definition) is 0. The van der Waals surface area contributed by atoms with E-state index < -0.39 is 0 Å². The Morgan fingerprint density at radius 3 is 2.17 bits per heavy atom. The van der Waals surface area contributed by atoms with Crippen LogP contribution < -0.4 is 0 Å². The van der Waals surface area contributed by atoms with Crippen LogP contribution in [0.15, 0.2) is 4.42 Å². The van der Waals surface area contributed by atoms with Crippen molar-refractivity contribution in [2.24, 2.45) is 0 Å². The third-order valence-electron chi connectivity index (χ3n) is 4.74. The molecule has 134 valence electrons. The number of rotatable bonds is 2. The summed E-state index contributed by atoms with van der Waals surface area (Å²) < 4.78 is 5.77. The molecular weight excluding hydrogens is 306 g/mol. The standard InChI is InChI=1S/C17H29N5O2/c1-17(2,3)15-19-18-14(24-15)13-20-9-11-22(12-10-20)16(23)21-7-5-4-6-8-21/h4-13H2,1-3H3. The first-order valence-electron chi connectivity index (χ1n) is 9.02. The van der Waals surface area contributed by atoms with Gasteiger partial charge in [-0.05, 0) is 19.3 Å². The largest absolute Gasteiger partial charge is 0.423 e. The highest BCUT2D eigenvalue weighted by molar-refractivity contribution is 5.74. The lowest BCUT2D eigenvalue weighted by atomic mass is 9.97. The summed E-state index contributed by atoms with van der Waals surface area (Å²) in [6.45, 7) is 11.9. The zero-order valence-electron chi connectivity index (χ0n) is 15.1. The van der Waals surface area contributed by atoms with Crippen molar-refractivity contribution < 1.29 is 9.21 Å². The maximum Gasteiger partial charge on any atom is 0.320 e. The van der Waals surface area contributed by atoms with Gasteiger partial charge in [0.1, 0.15) is 0 Å². The second-order valence-corrected chi connectivity index (χ2v) is 7.84. The summed E-state index contributed by atoms with van der Waals surface area (Å²) in [6, 6.07) is 0.210. The van der Waals surface area contributed by atoms with Gasteiger partial charge in [0.2, 0.25) is 11.8 Å². The van der Waals surface area contributed by atoms with Crippen molar-refractivity contribution in [3.8, 4) is 0 Å². The normalized spacial score (nSPS) is 20.5. The van der Waals surface area contributed by atoms with Crippen molar-refractivity contribution in [1.82, 2.24) is 24.9 Å². The van der Waals surface area contributed by atoms with Crippen LogP contribution in [0, 0.1) is 0 Å². The van der Waals surface area contributed by atoms with Crippen molar-refractivity contribution in [1.29, 1.82) is 0 Å². The predicted molar refractivity (Wildman–Crippen MR) is 90.7 cm³/mol. The Bertz CT molecular complexity index is 552. The number of nitrogens with zero attached hydrogens (tertiary/aromatic N) is 5. The van der Waals surface area contributed by atoms with E-state index in [-0.39, 0.29) is 11.4 Å². The molecule has 0 saturated carbocycles. The number of hydrogen-bond acceptors (Lipinski definition) is 5. The molecule has 0 N–H and O–H groups in total. The SMILES string of the molecule is CC(C)(C)c1nnc(CN2CCN(C(=O)N3CCCCC3)CC2)o1. The van der Waals surface area contributed by atoms with Gasteiger partial charge in [0.05, 0.1) is 6.54 Å². The molecule has 0 unspecified atom stereocenters. The van der Waals surface area contributed by atoms with Crippen molar-refractivity contribution in [2.75, 3.05) is 39.3 Å². The Balaban J connectivity index is 1.48. The molecule has 1 aromatic rings. The van der Waals surface area contributed by atoms with E-state index in [1.807, 2.05) is 9.80 Å². The summed E-state index contributed by atoms with van der Waals surface area (Å²) in [5.41, 5.74) is -0.120. The lowest BCUT2D eigenvalue weighted by Crippen LogP contribution is -2.53. The maximum atomic E-state index is 12.5. The Morgan fingerprint density at radius 1 is 0.958 bits per heavy atom. The van der Waals surface area contributed by atoms with Crippen LogP contribution in [0.4, 0.5) is 4.79 Å². The molecule has 7 nitrogen and oxygen atoms in total. The van der Waals surface area contributed by atoms with Crippen LogP contribution in [0.25, 0.3) is 0 Å². The molecule has 2 aliphatic heterocycles. The second-order valence-electron chi connectivity index (χ2n) is 7.84. The molecule has 2 aliphatic rings. The van der Waals surface area contributed by atoms with Crippen LogP contribution in [-0.2, 0) is 12.0 Å². The van der Waals surface area contributed by atoms with Gasteiger partial charge in [0.25, 0.3) is 0 Å². The first kappa shape index (κ1) is 17.2. The van der Waals surface area contributed by atoms with Gasteiger partial charge in [0.15, 0.2) is 0 Å². The van der Waals surface area contributed by atoms with Crippen LogP contribution in [0.1, 0.15) is 51.8 Å². The Kier molecular flexibility index (Phi) is 5.08. The van der Waals surface area contributed by atoms with E-state index in [1.54, 1.807) is 0 Å². The Morgan fingerprint density at radius 2 is 1.58 bits per heavy atom. The van der Waals surface area contributed by atoms with Gasteiger partial charge in [-0.25, -0.2) is 4.79 Å². The van der Waals surface area contributed by atoms with E-state index in [0.717, 1.165) is 52.1 Å². The molecule has 0 atom stereocenters. The molecular formula is C17H29N5O2. The molecule has 7 heteroatoms. The first-order valence-corrected chi connectivity index (χ1v) is 9.02. The number of amides is 2. The number of likely N-dealkylation sites (tertiary alicyclic amines) is 1. The smallest absolute Gasteiger partial charge is 0.320 e. The fourth-order valence-corrected chi connectivity index (χ4v) is 3.19. The minimum Gasteiger partial charge on any atom is -0.423 e. The topological polar surface area (TPSA) is 65.7 Å². The van der Waals surface area contributed by atoms with Gasteiger partial charge in [-0.3, -0.25) is 4.90 Å². The number of aromatic nitrogens is 2. The molecule has 3 rings (SSSR count). The molecule has 1 aromatic heterocycles. The fraction of sp³-hybridized carbons (Fsp3) is 0.824. The highest BCUT2D eigenvalue weighted by Gasteiger charge is 2.27. The van der Waals surface area contributed by atoms with E-state index in [1.165, 1.54) is 6.42 Å². The molecule has 3 heterocycles. The van der Waals surface area contributed by atoms with Crippen molar-refractivity contribution >= 4 is 6.03 Å². The zero-order chi connectivity index (χ0) is 17.2. The molecule has 0 spiro atoms. The number of carbonyl (C=O) groups is 1. The Labute approximate surface area is 144 Å². The zero-order valence-corrected chi connectivity index (χ0v) is 15.1. The van der Waals surface area contributed by atoms with Crippen LogP contribution in [0.5, 0.6) is 0 Å². The molecule has 2 amide bonds. The fourth-order valence-electron chi connectivity index (χ4n) is 3.19.